The average molecular weight is 714 g/mol. The van der Waals surface area contributed by atoms with Gasteiger partial charge >= 0.3 is 6.97 Å². The summed E-state index contributed by atoms with van der Waals surface area (Å²) in [5.74, 6) is 1.23. The van der Waals surface area contributed by atoms with Gasteiger partial charge in [0.2, 0.25) is 0 Å². The molecule has 0 radical (unpaired) electrons. The zero-order valence-electron chi connectivity index (χ0n) is 29.1. The number of aromatic nitrogens is 3. The number of rotatable bonds is 4. The number of aromatic amines is 2. The van der Waals surface area contributed by atoms with Crippen molar-refractivity contribution in [3.63, 3.8) is 0 Å². The van der Waals surface area contributed by atoms with Crippen LogP contribution in [0.4, 0.5) is 14.3 Å². The number of non-ortho nitro benzene ring substituents is 1. The van der Waals surface area contributed by atoms with E-state index in [2.05, 4.69) is 9.97 Å². The number of H-pyrrole nitrogens is 2. The first-order chi connectivity index (χ1) is 26.2. The standard InChI is InChI=1S/C43H30BF2N5O3/c1-25-3-7-27(8-4-25)41-33-17-15-31(47-33)35-19-21-37-43(29-11-13-30(14-12-29)51(52)53)38-22-20-36(50(38)44(45,46)49(35)37)32-16-18-34(48-32)42(40-24-23-39(41)54-40)28-9-5-26(2)6-10-28/h3-24,47-48H,1-2H3. The number of nitrogens with one attached hydrogen (secondary N) is 2. The van der Waals surface area contributed by atoms with Gasteiger partial charge in [0, 0.05) is 46.1 Å². The number of benzene rings is 3. The van der Waals surface area contributed by atoms with Gasteiger partial charge in [-0.3, -0.25) is 10.1 Å². The zero-order chi connectivity index (χ0) is 36.9. The van der Waals surface area contributed by atoms with E-state index >= 15 is 8.63 Å². The Labute approximate surface area is 305 Å². The third-order valence-corrected chi connectivity index (χ3v) is 10.6. The molecule has 0 saturated carbocycles. The lowest BCUT2D eigenvalue weighted by Gasteiger charge is -2.29. The number of allylic oxidation sites excluding steroid dienone is 1. The summed E-state index contributed by atoms with van der Waals surface area (Å²) in [4.78, 5) is 18.0. The first kappa shape index (κ1) is 31.7. The largest absolute Gasteiger partial charge is 0.738 e. The summed E-state index contributed by atoms with van der Waals surface area (Å²) in [7, 11) is 0. The van der Waals surface area contributed by atoms with Gasteiger partial charge in [-0.1, -0.05) is 59.7 Å². The lowest BCUT2D eigenvalue weighted by atomic mass is 9.88. The third kappa shape index (κ3) is 4.71. The number of hydrogen-bond donors (Lipinski definition) is 2. The van der Waals surface area contributed by atoms with Crippen molar-refractivity contribution in [3.05, 3.63) is 215 Å². The predicted molar refractivity (Wildman–Crippen MR) is 203 cm³/mol. The highest BCUT2D eigenvalue weighted by Gasteiger charge is 2.53. The maximum atomic E-state index is 17.6. The molecule has 262 valence electrons. The molecule has 0 unspecified atom stereocenters. The number of furan rings is 1. The van der Waals surface area contributed by atoms with Crippen molar-refractivity contribution in [2.45, 2.75) is 13.8 Å². The fourth-order valence-corrected chi connectivity index (χ4v) is 7.99. The molecule has 2 N–H and O–H groups in total. The Balaban J connectivity index is 1.39. The summed E-state index contributed by atoms with van der Waals surface area (Å²) in [6.45, 7) is -0.413. The van der Waals surface area contributed by atoms with Gasteiger partial charge in [-0.25, -0.2) is 0 Å². The lowest BCUT2D eigenvalue weighted by Crippen LogP contribution is -2.56. The number of nitro groups is 1. The quantitative estimate of drug-likeness (QED) is 0.141. The van der Waals surface area contributed by atoms with Crippen LogP contribution >= 0.6 is 0 Å². The number of nitrogens with zero attached hydrogens (tertiary/aromatic N) is 3. The molecule has 7 heterocycles. The Morgan fingerprint density at radius 3 is 1.70 bits per heavy atom. The molecule has 54 heavy (non-hydrogen) atoms. The van der Waals surface area contributed by atoms with E-state index in [0.717, 1.165) is 42.4 Å². The molecule has 0 atom stereocenters. The van der Waals surface area contributed by atoms with Crippen molar-refractivity contribution in [2.24, 2.45) is 0 Å². The molecule has 3 aromatic carbocycles. The molecule has 10 rings (SSSR count). The van der Waals surface area contributed by atoms with Crippen molar-refractivity contribution >= 4 is 40.8 Å². The minimum Gasteiger partial charge on any atom is -0.456 e. The maximum absolute atomic E-state index is 17.6. The second-order valence-electron chi connectivity index (χ2n) is 13.9. The summed E-state index contributed by atoms with van der Waals surface area (Å²) in [5, 5.41) is 14.5. The van der Waals surface area contributed by atoms with Crippen molar-refractivity contribution in [3.8, 4) is 0 Å². The van der Waals surface area contributed by atoms with Crippen molar-refractivity contribution < 1.29 is 22.5 Å². The molecule has 3 aliphatic heterocycles. The molecule has 4 aromatic heterocycles. The topological polar surface area (TPSA) is 95.8 Å². The second-order valence-corrected chi connectivity index (χ2v) is 13.9. The Morgan fingerprint density at radius 1 is 0.611 bits per heavy atom. The number of fused-ring (bicyclic) bond motifs is 6. The number of aryl methyl sites for hydroxylation is 2. The minimum absolute atomic E-state index is 0.0828. The molecule has 11 heteroatoms. The molecule has 7 aromatic rings. The van der Waals surface area contributed by atoms with Crippen LogP contribution in [0.1, 0.15) is 39.3 Å². The predicted octanol–water partition coefficient (Wildman–Crippen LogP) is 5.62. The van der Waals surface area contributed by atoms with Crippen LogP contribution in [-0.2, 0) is 0 Å². The summed E-state index contributed by atoms with van der Waals surface area (Å²) in [6.07, 6.45) is 3.40. The third-order valence-electron chi connectivity index (χ3n) is 10.6. The molecular weight excluding hydrogens is 683 g/mol. The fraction of sp³-hybridized carbons (Fsp3) is 0.0465. The highest BCUT2D eigenvalue weighted by Crippen LogP contribution is 2.32. The Morgan fingerprint density at radius 2 is 1.11 bits per heavy atom. The average Bonchev–Trinajstić information content (AvgIpc) is 4.01. The fourth-order valence-electron chi connectivity index (χ4n) is 7.99. The van der Waals surface area contributed by atoms with E-state index < -0.39 is 11.9 Å². The van der Waals surface area contributed by atoms with E-state index in [0.29, 0.717) is 66.2 Å². The summed E-state index contributed by atoms with van der Waals surface area (Å²) >= 11 is 0. The Bertz CT molecular complexity index is 3160. The van der Waals surface area contributed by atoms with Gasteiger partial charge in [-0.15, -0.1) is 0 Å². The summed E-state index contributed by atoms with van der Waals surface area (Å²) in [6, 6.07) is 37.1. The van der Waals surface area contributed by atoms with Gasteiger partial charge < -0.3 is 32.0 Å². The van der Waals surface area contributed by atoms with Crippen LogP contribution in [0.25, 0.3) is 22.4 Å². The number of hydrogen-bond acceptors (Lipinski definition) is 3. The molecule has 0 amide bonds. The molecule has 0 aliphatic carbocycles. The van der Waals surface area contributed by atoms with Gasteiger partial charge in [0.25, 0.3) is 5.69 Å². The number of nitro benzene ring substituents is 1. The minimum atomic E-state index is -4.47. The van der Waals surface area contributed by atoms with Gasteiger partial charge in [-0.2, -0.15) is 0 Å². The zero-order valence-corrected chi connectivity index (χ0v) is 29.1. The van der Waals surface area contributed by atoms with Gasteiger partial charge in [-0.05, 0) is 91.2 Å². The highest BCUT2D eigenvalue weighted by atomic mass is 19.2. The first-order valence-corrected chi connectivity index (χ1v) is 17.6. The van der Waals surface area contributed by atoms with Gasteiger partial charge in [0.15, 0.2) is 11.4 Å². The molecule has 0 spiro atoms. The summed E-state index contributed by atoms with van der Waals surface area (Å²) in [5.41, 5.74) is 7.20. The van der Waals surface area contributed by atoms with Crippen molar-refractivity contribution in [2.75, 3.05) is 0 Å². The smallest absolute Gasteiger partial charge is 0.456 e. The van der Waals surface area contributed by atoms with Crippen molar-refractivity contribution in [1.82, 2.24) is 14.4 Å². The number of halogens is 2. The highest BCUT2D eigenvalue weighted by molar-refractivity contribution is 6.59. The van der Waals surface area contributed by atoms with Crippen molar-refractivity contribution in [1.29, 1.82) is 0 Å². The maximum Gasteiger partial charge on any atom is 0.738 e. The van der Waals surface area contributed by atoms with E-state index in [1.807, 2.05) is 98.8 Å². The van der Waals surface area contributed by atoms with E-state index in [4.69, 9.17) is 4.42 Å². The van der Waals surface area contributed by atoms with Crippen LogP contribution in [0.5, 0.6) is 0 Å². The van der Waals surface area contributed by atoms with Crippen LogP contribution in [-0.4, -0.2) is 36.5 Å². The molecule has 3 aliphatic rings. The monoisotopic (exact) mass is 713 g/mol. The Hall–Kier alpha value is -7.01. The van der Waals surface area contributed by atoms with Crippen LogP contribution in [0.15, 0.2) is 138 Å². The van der Waals surface area contributed by atoms with E-state index in [1.165, 1.54) is 12.1 Å². The molecule has 8 bridgehead atoms. The summed E-state index contributed by atoms with van der Waals surface area (Å²) < 4.78 is 44.1. The molecule has 0 saturated heterocycles. The molecular formula is C43H30BF2N5O3. The Kier molecular flexibility index (Phi) is 6.75. The van der Waals surface area contributed by atoms with E-state index in [9.17, 15) is 10.1 Å². The van der Waals surface area contributed by atoms with Gasteiger partial charge in [0.1, 0.15) is 16.9 Å². The van der Waals surface area contributed by atoms with Gasteiger partial charge in [0.05, 0.1) is 26.5 Å². The normalized spacial score (nSPS) is 15.4. The van der Waals surface area contributed by atoms with Crippen LogP contribution < -0.4 is 21.4 Å². The second kappa shape index (κ2) is 11.5. The molecule has 8 nitrogen and oxygen atoms in total. The van der Waals surface area contributed by atoms with Crippen LogP contribution in [0, 0.1) is 34.7 Å². The van der Waals surface area contributed by atoms with E-state index in [1.54, 1.807) is 36.4 Å². The van der Waals surface area contributed by atoms with Crippen LogP contribution in [0.3, 0.4) is 0 Å². The molecule has 0 fully saturated rings. The van der Waals surface area contributed by atoms with E-state index in [-0.39, 0.29) is 5.69 Å². The SMILES string of the molecule is Cc1ccc(C2=c3ccc([nH]3)=C3C=CC4=[N+]3[B-](F)(F)n3c(ccc3=c3ccc([nH]3)=C(c3ccc(C)cc3)c3ccc2o3)=C4c2ccc([N+](=O)[O-])cc2)cc1. The lowest BCUT2D eigenvalue weighted by molar-refractivity contribution is -0.384. The first-order valence-electron chi connectivity index (χ1n) is 17.6. The van der Waals surface area contributed by atoms with Crippen LogP contribution in [0.2, 0.25) is 0 Å².